The van der Waals surface area contributed by atoms with Gasteiger partial charge in [-0.2, -0.15) is 5.10 Å². The second-order valence-electron chi connectivity index (χ2n) is 6.42. The fourth-order valence-electron chi connectivity index (χ4n) is 2.72. The molecule has 1 fully saturated rings. The van der Waals surface area contributed by atoms with Gasteiger partial charge in [-0.3, -0.25) is 14.7 Å². The molecule has 2 aromatic carbocycles. The van der Waals surface area contributed by atoms with E-state index < -0.39 is 0 Å². The Hall–Kier alpha value is -3.15. The molecule has 0 spiro atoms. The van der Waals surface area contributed by atoms with Crippen LogP contribution in [-0.4, -0.2) is 22.0 Å². The van der Waals surface area contributed by atoms with Crippen molar-refractivity contribution in [3.63, 3.8) is 0 Å². The Bertz CT molecular complexity index is 955. The van der Waals surface area contributed by atoms with E-state index in [9.17, 15) is 9.59 Å². The van der Waals surface area contributed by atoms with Gasteiger partial charge in [0.15, 0.2) is 5.69 Å². The van der Waals surface area contributed by atoms with Gasteiger partial charge in [0.2, 0.25) is 5.91 Å². The second kappa shape index (κ2) is 6.05. The van der Waals surface area contributed by atoms with Crippen molar-refractivity contribution >= 4 is 34.1 Å². The maximum atomic E-state index is 12.5. The summed E-state index contributed by atoms with van der Waals surface area (Å²) in [6.07, 6.45) is 1.94. The van der Waals surface area contributed by atoms with Crippen LogP contribution < -0.4 is 10.6 Å². The molecular weight excluding hydrogens is 316 g/mol. The zero-order chi connectivity index (χ0) is 17.4. The predicted molar refractivity (Wildman–Crippen MR) is 96.6 cm³/mol. The van der Waals surface area contributed by atoms with Gasteiger partial charge >= 0.3 is 0 Å². The molecule has 1 saturated carbocycles. The molecule has 0 aliphatic heterocycles. The highest BCUT2D eigenvalue weighted by atomic mass is 16.2. The molecule has 6 heteroatoms. The number of nitrogens with zero attached hydrogens (tertiary/aromatic N) is 1. The van der Waals surface area contributed by atoms with E-state index in [2.05, 4.69) is 20.8 Å². The van der Waals surface area contributed by atoms with E-state index in [1.54, 1.807) is 24.3 Å². The summed E-state index contributed by atoms with van der Waals surface area (Å²) in [5.41, 5.74) is 3.64. The number of aromatic amines is 1. The maximum absolute atomic E-state index is 12.5. The molecule has 3 N–H and O–H groups in total. The lowest BCUT2D eigenvalue weighted by Crippen LogP contribution is -2.14. The van der Waals surface area contributed by atoms with Crippen LogP contribution in [0, 0.1) is 12.8 Å². The van der Waals surface area contributed by atoms with E-state index in [1.807, 2.05) is 25.1 Å². The third-order valence-corrected chi connectivity index (χ3v) is 4.29. The molecule has 0 saturated heterocycles. The number of aromatic nitrogens is 2. The summed E-state index contributed by atoms with van der Waals surface area (Å²) in [5, 5.41) is 13.5. The number of benzene rings is 2. The summed E-state index contributed by atoms with van der Waals surface area (Å²) < 4.78 is 0. The van der Waals surface area contributed by atoms with Crippen LogP contribution in [0.15, 0.2) is 42.5 Å². The number of anilines is 2. The van der Waals surface area contributed by atoms with Crippen LogP contribution in [0.2, 0.25) is 0 Å². The Kier molecular flexibility index (Phi) is 3.72. The van der Waals surface area contributed by atoms with Gasteiger partial charge in [-0.25, -0.2) is 0 Å². The largest absolute Gasteiger partial charge is 0.326 e. The number of hydrogen-bond donors (Lipinski definition) is 3. The maximum Gasteiger partial charge on any atom is 0.276 e. The summed E-state index contributed by atoms with van der Waals surface area (Å²) >= 11 is 0. The number of fused-ring (bicyclic) bond motifs is 1. The van der Waals surface area contributed by atoms with Gasteiger partial charge in [-0.05, 0) is 56.2 Å². The standard InChI is InChI=1S/C19H18N4O2/c1-11-2-9-16-15(10-11)17(23-22-16)19(25)21-14-7-5-13(6-8-14)20-18(24)12-3-4-12/h2,5-10,12H,3-4H2,1H3,(H,20,24)(H,21,25)(H,22,23). The SMILES string of the molecule is Cc1ccc2[nH]nc(C(=O)Nc3ccc(NC(=O)C4CC4)cc3)c2c1. The second-order valence-corrected chi connectivity index (χ2v) is 6.42. The zero-order valence-corrected chi connectivity index (χ0v) is 13.8. The first-order valence-corrected chi connectivity index (χ1v) is 8.27. The van der Waals surface area contributed by atoms with Crippen LogP contribution in [0.1, 0.15) is 28.9 Å². The van der Waals surface area contributed by atoms with E-state index in [0.717, 1.165) is 35.0 Å². The quantitative estimate of drug-likeness (QED) is 0.683. The number of rotatable bonds is 4. The first kappa shape index (κ1) is 15.4. The lowest BCUT2D eigenvalue weighted by Gasteiger charge is -2.07. The Balaban J connectivity index is 1.48. The van der Waals surface area contributed by atoms with Gasteiger partial charge in [0.05, 0.1) is 5.52 Å². The van der Waals surface area contributed by atoms with Crippen molar-refractivity contribution in [3.8, 4) is 0 Å². The van der Waals surface area contributed by atoms with E-state index in [0.29, 0.717) is 11.4 Å². The third kappa shape index (κ3) is 3.24. The normalized spacial score (nSPS) is 13.6. The van der Waals surface area contributed by atoms with Crippen molar-refractivity contribution in [2.75, 3.05) is 10.6 Å². The number of aryl methyl sites for hydroxylation is 1. The highest BCUT2D eigenvalue weighted by Crippen LogP contribution is 2.30. The Morgan fingerprint density at radius 1 is 1.04 bits per heavy atom. The number of hydrogen-bond acceptors (Lipinski definition) is 3. The molecule has 1 heterocycles. The highest BCUT2D eigenvalue weighted by Gasteiger charge is 2.29. The Labute approximate surface area is 144 Å². The fraction of sp³-hybridized carbons (Fsp3) is 0.211. The molecule has 25 heavy (non-hydrogen) atoms. The summed E-state index contributed by atoms with van der Waals surface area (Å²) in [6, 6.07) is 12.9. The minimum absolute atomic E-state index is 0.0650. The summed E-state index contributed by atoms with van der Waals surface area (Å²) in [6.45, 7) is 1.97. The third-order valence-electron chi connectivity index (χ3n) is 4.29. The molecule has 126 valence electrons. The van der Waals surface area contributed by atoms with Gasteiger partial charge in [0.1, 0.15) is 0 Å². The molecule has 1 aliphatic rings. The van der Waals surface area contributed by atoms with E-state index >= 15 is 0 Å². The van der Waals surface area contributed by atoms with Gasteiger partial charge in [-0.15, -0.1) is 0 Å². The fourth-order valence-corrected chi connectivity index (χ4v) is 2.72. The monoisotopic (exact) mass is 334 g/mol. The molecule has 4 rings (SSSR count). The van der Waals surface area contributed by atoms with Crippen LogP contribution in [0.3, 0.4) is 0 Å². The molecule has 0 radical (unpaired) electrons. The van der Waals surface area contributed by atoms with Gasteiger partial charge < -0.3 is 10.6 Å². The van der Waals surface area contributed by atoms with Crippen LogP contribution in [0.25, 0.3) is 10.9 Å². The lowest BCUT2D eigenvalue weighted by molar-refractivity contribution is -0.117. The first-order chi connectivity index (χ1) is 12.1. The number of H-pyrrole nitrogens is 1. The van der Waals surface area contributed by atoms with Gasteiger partial charge in [0.25, 0.3) is 5.91 Å². The van der Waals surface area contributed by atoms with Crippen molar-refractivity contribution in [3.05, 3.63) is 53.7 Å². The first-order valence-electron chi connectivity index (χ1n) is 8.27. The number of carbonyl (C=O) groups excluding carboxylic acids is 2. The topological polar surface area (TPSA) is 86.9 Å². The van der Waals surface area contributed by atoms with E-state index in [-0.39, 0.29) is 17.7 Å². The number of nitrogens with one attached hydrogen (secondary N) is 3. The zero-order valence-electron chi connectivity index (χ0n) is 13.8. The van der Waals surface area contributed by atoms with Crippen molar-refractivity contribution < 1.29 is 9.59 Å². The minimum Gasteiger partial charge on any atom is -0.326 e. The molecule has 1 aromatic heterocycles. The van der Waals surface area contributed by atoms with Crippen molar-refractivity contribution in [1.82, 2.24) is 10.2 Å². The van der Waals surface area contributed by atoms with E-state index in [1.165, 1.54) is 0 Å². The Morgan fingerprint density at radius 2 is 1.72 bits per heavy atom. The molecule has 1 aliphatic carbocycles. The molecule has 0 bridgehead atoms. The van der Waals surface area contributed by atoms with Gasteiger partial charge in [0, 0.05) is 22.7 Å². The van der Waals surface area contributed by atoms with Crippen molar-refractivity contribution in [2.24, 2.45) is 5.92 Å². The summed E-state index contributed by atoms with van der Waals surface area (Å²) in [4.78, 5) is 24.2. The average Bonchev–Trinajstić information content (AvgIpc) is 3.37. The molecule has 0 atom stereocenters. The Morgan fingerprint density at radius 3 is 2.40 bits per heavy atom. The van der Waals surface area contributed by atoms with Gasteiger partial charge in [-0.1, -0.05) is 11.6 Å². The molecular formula is C19H18N4O2. The summed E-state index contributed by atoms with van der Waals surface area (Å²) in [7, 11) is 0. The van der Waals surface area contributed by atoms with Crippen molar-refractivity contribution in [1.29, 1.82) is 0 Å². The lowest BCUT2D eigenvalue weighted by atomic mass is 10.1. The van der Waals surface area contributed by atoms with Crippen LogP contribution in [0.5, 0.6) is 0 Å². The van der Waals surface area contributed by atoms with E-state index in [4.69, 9.17) is 0 Å². The molecule has 2 amide bonds. The molecule has 0 unspecified atom stereocenters. The molecule has 6 nitrogen and oxygen atoms in total. The number of carbonyl (C=O) groups is 2. The smallest absolute Gasteiger partial charge is 0.276 e. The molecule has 3 aromatic rings. The number of amides is 2. The minimum atomic E-state index is -0.272. The van der Waals surface area contributed by atoms with Crippen molar-refractivity contribution in [2.45, 2.75) is 19.8 Å². The highest BCUT2D eigenvalue weighted by molar-refractivity contribution is 6.11. The predicted octanol–water partition coefficient (Wildman–Crippen LogP) is 3.47. The van der Waals surface area contributed by atoms with Crippen LogP contribution >= 0.6 is 0 Å². The summed E-state index contributed by atoms with van der Waals surface area (Å²) in [5.74, 6) is -0.0439. The average molecular weight is 334 g/mol. The van der Waals surface area contributed by atoms with Crippen LogP contribution in [0.4, 0.5) is 11.4 Å². The van der Waals surface area contributed by atoms with Crippen LogP contribution in [-0.2, 0) is 4.79 Å².